The third-order valence-electron chi connectivity index (χ3n) is 3.26. The molecule has 1 aromatic heterocycles. The van der Waals surface area contributed by atoms with E-state index in [1.807, 2.05) is 0 Å². The summed E-state index contributed by atoms with van der Waals surface area (Å²) in [7, 11) is 0. The smallest absolute Gasteiger partial charge is 0.254 e. The number of aromatic amines is 1. The summed E-state index contributed by atoms with van der Waals surface area (Å²) >= 11 is 0. The number of H-pyrrole nitrogens is 1. The van der Waals surface area contributed by atoms with Crippen molar-refractivity contribution >= 4 is 0 Å². The van der Waals surface area contributed by atoms with Crippen LogP contribution < -0.4 is 5.56 Å². The van der Waals surface area contributed by atoms with Crippen molar-refractivity contribution in [1.82, 2.24) is 14.9 Å². The lowest BCUT2D eigenvalue weighted by atomic mass is 10.1. The second-order valence-electron chi connectivity index (χ2n) is 5.06. The highest BCUT2D eigenvalue weighted by Crippen LogP contribution is 2.16. The van der Waals surface area contributed by atoms with E-state index in [1.54, 1.807) is 0 Å². The molecule has 0 saturated heterocycles. The standard InChI is InChI=1S/C13H21N3O/c1-4-6-16-7-5-10-11(8-16)14-12(9(2)3)15-13(10)17/h9H,4-8H2,1-3H3,(H,14,15,17). The van der Waals surface area contributed by atoms with Crippen molar-refractivity contribution in [2.45, 2.75) is 46.1 Å². The summed E-state index contributed by atoms with van der Waals surface area (Å²) in [5, 5.41) is 0. The van der Waals surface area contributed by atoms with Gasteiger partial charge in [0.05, 0.1) is 5.69 Å². The van der Waals surface area contributed by atoms with Crippen LogP contribution >= 0.6 is 0 Å². The number of rotatable bonds is 3. The van der Waals surface area contributed by atoms with Crippen molar-refractivity contribution in [3.63, 3.8) is 0 Å². The zero-order chi connectivity index (χ0) is 12.4. The van der Waals surface area contributed by atoms with Crippen LogP contribution in [0, 0.1) is 0 Å². The molecule has 94 valence electrons. The fourth-order valence-electron chi connectivity index (χ4n) is 2.29. The lowest BCUT2D eigenvalue weighted by Crippen LogP contribution is -2.36. The minimum atomic E-state index is 0.0647. The number of hydrogen-bond donors (Lipinski definition) is 1. The Bertz CT molecular complexity index is 450. The van der Waals surface area contributed by atoms with Crippen molar-refractivity contribution in [3.8, 4) is 0 Å². The van der Waals surface area contributed by atoms with Crippen molar-refractivity contribution in [2.75, 3.05) is 13.1 Å². The third-order valence-corrected chi connectivity index (χ3v) is 3.26. The van der Waals surface area contributed by atoms with Crippen LogP contribution in [0.3, 0.4) is 0 Å². The molecule has 4 heteroatoms. The van der Waals surface area contributed by atoms with E-state index in [2.05, 4.69) is 35.6 Å². The number of fused-ring (bicyclic) bond motifs is 1. The van der Waals surface area contributed by atoms with Gasteiger partial charge in [0.2, 0.25) is 0 Å². The number of aromatic nitrogens is 2. The molecule has 0 radical (unpaired) electrons. The summed E-state index contributed by atoms with van der Waals surface area (Å²) in [6, 6.07) is 0. The Morgan fingerprint density at radius 3 is 2.88 bits per heavy atom. The van der Waals surface area contributed by atoms with Crippen molar-refractivity contribution in [3.05, 3.63) is 27.4 Å². The van der Waals surface area contributed by atoms with Crippen LogP contribution in [0.1, 0.15) is 50.2 Å². The van der Waals surface area contributed by atoms with Gasteiger partial charge >= 0.3 is 0 Å². The number of hydrogen-bond acceptors (Lipinski definition) is 3. The predicted molar refractivity (Wildman–Crippen MR) is 68.2 cm³/mol. The van der Waals surface area contributed by atoms with E-state index < -0.39 is 0 Å². The van der Waals surface area contributed by atoms with E-state index >= 15 is 0 Å². The lowest BCUT2D eigenvalue weighted by Gasteiger charge is -2.27. The molecule has 1 aliphatic rings. The maximum absolute atomic E-state index is 11.9. The van der Waals surface area contributed by atoms with Gasteiger partial charge < -0.3 is 4.98 Å². The van der Waals surface area contributed by atoms with E-state index in [1.165, 1.54) is 0 Å². The average Bonchev–Trinajstić information content (AvgIpc) is 2.28. The number of nitrogens with zero attached hydrogens (tertiary/aromatic N) is 2. The molecule has 0 bridgehead atoms. The molecule has 1 aromatic rings. The van der Waals surface area contributed by atoms with Gasteiger partial charge in [-0.2, -0.15) is 0 Å². The first-order valence-electron chi connectivity index (χ1n) is 6.46. The van der Waals surface area contributed by atoms with Gasteiger partial charge in [-0.3, -0.25) is 9.69 Å². The molecule has 0 amide bonds. The molecular weight excluding hydrogens is 214 g/mol. The zero-order valence-electron chi connectivity index (χ0n) is 10.9. The molecule has 2 heterocycles. The highest BCUT2D eigenvalue weighted by atomic mass is 16.1. The predicted octanol–water partition coefficient (Wildman–Crippen LogP) is 1.66. The maximum atomic E-state index is 11.9. The first-order valence-corrected chi connectivity index (χ1v) is 6.46. The molecule has 0 saturated carbocycles. The Morgan fingerprint density at radius 2 is 2.24 bits per heavy atom. The van der Waals surface area contributed by atoms with Crippen LogP contribution in [0.4, 0.5) is 0 Å². The average molecular weight is 235 g/mol. The fourth-order valence-corrected chi connectivity index (χ4v) is 2.29. The molecule has 0 aliphatic carbocycles. The molecular formula is C13H21N3O. The van der Waals surface area contributed by atoms with E-state index in [0.29, 0.717) is 0 Å². The Morgan fingerprint density at radius 1 is 1.47 bits per heavy atom. The highest BCUT2D eigenvalue weighted by Gasteiger charge is 2.20. The lowest BCUT2D eigenvalue weighted by molar-refractivity contribution is 0.249. The Balaban J connectivity index is 2.32. The fraction of sp³-hybridized carbons (Fsp3) is 0.692. The molecule has 0 aromatic carbocycles. The zero-order valence-corrected chi connectivity index (χ0v) is 10.9. The molecule has 0 unspecified atom stereocenters. The van der Waals surface area contributed by atoms with Gasteiger partial charge in [-0.05, 0) is 19.4 Å². The summed E-state index contributed by atoms with van der Waals surface area (Å²) in [6.45, 7) is 9.18. The second kappa shape index (κ2) is 5.00. The summed E-state index contributed by atoms with van der Waals surface area (Å²) in [4.78, 5) is 21.8. The Labute approximate surface area is 102 Å². The quantitative estimate of drug-likeness (QED) is 0.867. The van der Waals surface area contributed by atoms with E-state index in [4.69, 9.17) is 0 Å². The monoisotopic (exact) mass is 235 g/mol. The van der Waals surface area contributed by atoms with Gasteiger partial charge in [-0.1, -0.05) is 20.8 Å². The molecule has 17 heavy (non-hydrogen) atoms. The first kappa shape index (κ1) is 12.3. The van der Waals surface area contributed by atoms with Gasteiger partial charge in [0.25, 0.3) is 5.56 Å². The van der Waals surface area contributed by atoms with Crippen LogP contribution in [0.5, 0.6) is 0 Å². The summed E-state index contributed by atoms with van der Waals surface area (Å²) < 4.78 is 0. The van der Waals surface area contributed by atoms with Crippen LogP contribution in [-0.4, -0.2) is 28.0 Å². The van der Waals surface area contributed by atoms with E-state index in [9.17, 15) is 4.79 Å². The Kier molecular flexibility index (Phi) is 3.62. The first-order chi connectivity index (χ1) is 8.11. The van der Waals surface area contributed by atoms with Gasteiger partial charge in [0, 0.05) is 24.6 Å². The summed E-state index contributed by atoms with van der Waals surface area (Å²) in [5.41, 5.74) is 1.94. The molecule has 1 aliphatic heterocycles. The highest BCUT2D eigenvalue weighted by molar-refractivity contribution is 5.21. The van der Waals surface area contributed by atoms with Crippen LogP contribution in [-0.2, 0) is 13.0 Å². The topological polar surface area (TPSA) is 49.0 Å². The van der Waals surface area contributed by atoms with Gasteiger partial charge in [0.15, 0.2) is 0 Å². The molecule has 0 fully saturated rings. The molecule has 0 spiro atoms. The largest absolute Gasteiger partial charge is 0.310 e. The van der Waals surface area contributed by atoms with E-state index in [0.717, 1.165) is 49.6 Å². The van der Waals surface area contributed by atoms with Crippen LogP contribution in [0.2, 0.25) is 0 Å². The minimum Gasteiger partial charge on any atom is -0.310 e. The van der Waals surface area contributed by atoms with Crippen LogP contribution in [0.25, 0.3) is 0 Å². The molecule has 2 rings (SSSR count). The second-order valence-corrected chi connectivity index (χ2v) is 5.06. The van der Waals surface area contributed by atoms with Crippen molar-refractivity contribution in [2.24, 2.45) is 0 Å². The molecule has 0 atom stereocenters. The maximum Gasteiger partial charge on any atom is 0.254 e. The minimum absolute atomic E-state index is 0.0647. The molecule has 1 N–H and O–H groups in total. The SMILES string of the molecule is CCCN1CCc2c(nc(C(C)C)[nH]c2=O)C1. The summed E-state index contributed by atoms with van der Waals surface area (Å²) in [6.07, 6.45) is 1.98. The van der Waals surface area contributed by atoms with Gasteiger partial charge in [-0.15, -0.1) is 0 Å². The summed E-state index contributed by atoms with van der Waals surface area (Å²) in [5.74, 6) is 1.08. The Hall–Kier alpha value is -1.16. The normalized spacial score (nSPS) is 16.2. The van der Waals surface area contributed by atoms with Crippen LogP contribution in [0.15, 0.2) is 4.79 Å². The molecule has 4 nitrogen and oxygen atoms in total. The number of nitrogens with one attached hydrogen (secondary N) is 1. The third kappa shape index (κ3) is 2.57. The van der Waals surface area contributed by atoms with E-state index in [-0.39, 0.29) is 11.5 Å². The van der Waals surface area contributed by atoms with Gasteiger partial charge in [0.1, 0.15) is 5.82 Å². The van der Waals surface area contributed by atoms with Crippen molar-refractivity contribution in [1.29, 1.82) is 0 Å². The van der Waals surface area contributed by atoms with Gasteiger partial charge in [-0.25, -0.2) is 4.98 Å². The van der Waals surface area contributed by atoms with Crippen molar-refractivity contribution < 1.29 is 0 Å².